The summed E-state index contributed by atoms with van der Waals surface area (Å²) in [5, 5.41) is 0. The van der Waals surface area contributed by atoms with Gasteiger partial charge in [-0.1, -0.05) is 115 Å². The van der Waals surface area contributed by atoms with Crippen molar-refractivity contribution in [2.45, 2.75) is 80.1 Å². The van der Waals surface area contributed by atoms with Crippen LogP contribution in [0.1, 0.15) is 83.3 Å². The first-order valence-corrected chi connectivity index (χ1v) is 14.6. The quantitative estimate of drug-likeness (QED) is 0.249. The highest BCUT2D eigenvalue weighted by atomic mass is 14.6. The fraction of sp³-hybridized carbons (Fsp3) is 0.300. The Morgan fingerprint density at radius 2 is 1.10 bits per heavy atom. The summed E-state index contributed by atoms with van der Waals surface area (Å²) < 4.78 is 0. The first-order chi connectivity index (χ1) is 18.9. The van der Waals surface area contributed by atoms with E-state index in [1.165, 1.54) is 77.9 Å². The maximum atomic E-state index is 2.53. The highest BCUT2D eigenvalue weighted by Crippen LogP contribution is 2.63. The predicted molar refractivity (Wildman–Crippen MR) is 174 cm³/mol. The van der Waals surface area contributed by atoms with E-state index in [4.69, 9.17) is 0 Å². The molecule has 1 aliphatic carbocycles. The molecule has 0 saturated heterocycles. The fourth-order valence-electron chi connectivity index (χ4n) is 7.82. The van der Waals surface area contributed by atoms with Crippen molar-refractivity contribution in [3.05, 3.63) is 152 Å². The third-order valence-electron chi connectivity index (χ3n) is 10.1. The number of hydrogen-bond donors (Lipinski definition) is 0. The molecule has 0 bridgehead atoms. The van der Waals surface area contributed by atoms with Crippen molar-refractivity contribution in [1.82, 2.24) is 0 Å². The van der Waals surface area contributed by atoms with Gasteiger partial charge in [-0.05, 0) is 117 Å². The van der Waals surface area contributed by atoms with Crippen molar-refractivity contribution in [1.29, 1.82) is 0 Å². The van der Waals surface area contributed by atoms with Crippen LogP contribution in [0.2, 0.25) is 0 Å². The minimum atomic E-state index is -0.349. The van der Waals surface area contributed by atoms with E-state index in [1.54, 1.807) is 0 Å². The molecule has 0 spiro atoms. The maximum absolute atomic E-state index is 2.53. The molecular weight excluding hydrogens is 480 g/mol. The first-order valence-electron chi connectivity index (χ1n) is 14.6. The average molecular weight is 525 g/mol. The van der Waals surface area contributed by atoms with Crippen molar-refractivity contribution >= 4 is 11.1 Å². The lowest BCUT2D eigenvalue weighted by Gasteiger charge is -2.55. The van der Waals surface area contributed by atoms with Gasteiger partial charge in [-0.15, -0.1) is 0 Å². The third kappa shape index (κ3) is 4.03. The first kappa shape index (κ1) is 27.9. The van der Waals surface area contributed by atoms with Crippen LogP contribution in [-0.2, 0) is 10.8 Å². The Bertz CT molecular complexity index is 1660. The summed E-state index contributed by atoms with van der Waals surface area (Å²) >= 11 is 0. The van der Waals surface area contributed by atoms with Crippen molar-refractivity contribution in [2.75, 3.05) is 0 Å². The lowest BCUT2D eigenvalue weighted by atomic mass is 9.46. The summed E-state index contributed by atoms with van der Waals surface area (Å²) in [5.41, 5.74) is 18.5. The van der Waals surface area contributed by atoms with Gasteiger partial charge < -0.3 is 0 Å². The standard InChI is InChI=1S/C40H44/c1-25-20-22-34(30(6)23-25)36-31(7)32(8)39(9,35-24-26(2)19-21-27(35)3)40(10,37-28(4)15-14-16-29(37)5)38(36)33-17-12-11-13-18-33/h11-24H,1-10H3. The second kappa shape index (κ2) is 10.1. The monoisotopic (exact) mass is 524 g/mol. The van der Waals surface area contributed by atoms with E-state index in [2.05, 4.69) is 154 Å². The van der Waals surface area contributed by atoms with Crippen LogP contribution in [-0.4, -0.2) is 0 Å². The molecule has 4 aromatic rings. The van der Waals surface area contributed by atoms with Crippen molar-refractivity contribution < 1.29 is 0 Å². The van der Waals surface area contributed by atoms with Crippen LogP contribution >= 0.6 is 0 Å². The lowest BCUT2D eigenvalue weighted by molar-refractivity contribution is 0.368. The normalized spacial score (nSPS) is 21.2. The van der Waals surface area contributed by atoms with Gasteiger partial charge in [-0.25, -0.2) is 0 Å². The van der Waals surface area contributed by atoms with E-state index < -0.39 is 0 Å². The Balaban J connectivity index is 2.08. The van der Waals surface area contributed by atoms with Crippen LogP contribution in [0.25, 0.3) is 11.1 Å². The van der Waals surface area contributed by atoms with Crippen molar-refractivity contribution in [3.63, 3.8) is 0 Å². The highest BCUT2D eigenvalue weighted by molar-refractivity contribution is 6.06. The molecule has 1 aliphatic rings. The average Bonchev–Trinajstić information content (AvgIpc) is 2.91. The summed E-state index contributed by atoms with van der Waals surface area (Å²) in [6.07, 6.45) is 0. The van der Waals surface area contributed by atoms with E-state index in [0.29, 0.717) is 0 Å². The minimum absolute atomic E-state index is 0.280. The largest absolute Gasteiger partial charge is 0.0622 e. The topological polar surface area (TPSA) is 0 Å². The predicted octanol–water partition coefficient (Wildman–Crippen LogP) is 10.7. The van der Waals surface area contributed by atoms with Crippen LogP contribution in [0.5, 0.6) is 0 Å². The minimum Gasteiger partial charge on any atom is -0.0622 e. The van der Waals surface area contributed by atoms with E-state index >= 15 is 0 Å². The molecule has 40 heavy (non-hydrogen) atoms. The Morgan fingerprint density at radius 3 is 1.73 bits per heavy atom. The molecule has 0 N–H and O–H groups in total. The molecule has 4 aromatic carbocycles. The second-order valence-electron chi connectivity index (χ2n) is 12.5. The molecule has 0 fully saturated rings. The second-order valence-corrected chi connectivity index (χ2v) is 12.5. The highest BCUT2D eigenvalue weighted by Gasteiger charge is 2.56. The number of benzene rings is 4. The Labute approximate surface area is 242 Å². The molecule has 0 aliphatic heterocycles. The zero-order chi connectivity index (χ0) is 29.0. The molecule has 0 radical (unpaired) electrons. The molecule has 2 unspecified atom stereocenters. The van der Waals surface area contributed by atoms with Crippen molar-refractivity contribution in [2.24, 2.45) is 0 Å². The molecule has 0 heterocycles. The lowest BCUT2D eigenvalue weighted by Crippen LogP contribution is -2.50. The smallest absolute Gasteiger partial charge is 0.0323 e. The fourth-order valence-corrected chi connectivity index (χ4v) is 7.82. The van der Waals surface area contributed by atoms with E-state index in [-0.39, 0.29) is 10.8 Å². The summed E-state index contributed by atoms with van der Waals surface area (Å²) in [4.78, 5) is 0. The molecule has 5 rings (SSSR count). The van der Waals surface area contributed by atoms with Gasteiger partial charge in [0, 0.05) is 10.8 Å². The third-order valence-corrected chi connectivity index (χ3v) is 10.1. The number of allylic oxidation sites excluding steroid dienone is 4. The molecule has 0 aromatic heterocycles. The van der Waals surface area contributed by atoms with E-state index in [1.807, 2.05) is 0 Å². The van der Waals surface area contributed by atoms with Gasteiger partial charge in [0.25, 0.3) is 0 Å². The van der Waals surface area contributed by atoms with E-state index in [0.717, 1.165) is 0 Å². The van der Waals surface area contributed by atoms with Crippen LogP contribution < -0.4 is 0 Å². The van der Waals surface area contributed by atoms with Crippen LogP contribution in [0.15, 0.2) is 96.1 Å². The summed E-state index contributed by atoms with van der Waals surface area (Å²) in [6.45, 7) is 23.4. The van der Waals surface area contributed by atoms with E-state index in [9.17, 15) is 0 Å². The Hall–Kier alpha value is -3.64. The van der Waals surface area contributed by atoms with Gasteiger partial charge in [-0.3, -0.25) is 0 Å². The molecular formula is C40H44. The molecule has 0 saturated carbocycles. The van der Waals surface area contributed by atoms with Crippen LogP contribution in [0.4, 0.5) is 0 Å². The van der Waals surface area contributed by atoms with Crippen LogP contribution in [0, 0.1) is 41.5 Å². The molecule has 0 heteroatoms. The summed E-state index contributed by atoms with van der Waals surface area (Å²) in [7, 11) is 0. The number of rotatable bonds is 4. The van der Waals surface area contributed by atoms with Gasteiger partial charge in [-0.2, -0.15) is 0 Å². The SMILES string of the molecule is CC1=C(C)C(C)(c2cc(C)ccc2C)C(C)(c2c(C)cccc2C)C(c2ccccc2)=C1c1ccc(C)cc1C. The van der Waals surface area contributed by atoms with Gasteiger partial charge in [0.1, 0.15) is 0 Å². The molecule has 2 atom stereocenters. The summed E-state index contributed by atoms with van der Waals surface area (Å²) in [6, 6.07) is 32.0. The zero-order valence-corrected chi connectivity index (χ0v) is 26.1. The maximum Gasteiger partial charge on any atom is 0.0323 e. The van der Waals surface area contributed by atoms with Gasteiger partial charge >= 0.3 is 0 Å². The van der Waals surface area contributed by atoms with Crippen LogP contribution in [0.3, 0.4) is 0 Å². The van der Waals surface area contributed by atoms with Crippen molar-refractivity contribution in [3.8, 4) is 0 Å². The zero-order valence-electron chi connectivity index (χ0n) is 26.1. The van der Waals surface area contributed by atoms with Gasteiger partial charge in [0.05, 0.1) is 0 Å². The number of hydrogen-bond acceptors (Lipinski definition) is 0. The Morgan fingerprint density at radius 1 is 0.500 bits per heavy atom. The van der Waals surface area contributed by atoms with Gasteiger partial charge in [0.2, 0.25) is 0 Å². The summed E-state index contributed by atoms with van der Waals surface area (Å²) in [5.74, 6) is 0. The molecule has 0 amide bonds. The number of aryl methyl sites for hydroxylation is 6. The molecule has 204 valence electrons. The van der Waals surface area contributed by atoms with Gasteiger partial charge in [0.15, 0.2) is 0 Å². The molecule has 0 nitrogen and oxygen atoms in total. The Kier molecular flexibility index (Phi) is 7.03.